The van der Waals surface area contributed by atoms with Gasteiger partial charge in [-0.05, 0) is 31.2 Å². The smallest absolute Gasteiger partial charge is 0.191 e. The molecule has 176 valence electrons. The van der Waals surface area contributed by atoms with Crippen LogP contribution in [-0.2, 0) is 17.8 Å². The average molecular weight is 560 g/mol. The van der Waals surface area contributed by atoms with Crippen LogP contribution in [0.3, 0.4) is 0 Å². The zero-order chi connectivity index (χ0) is 21.9. The normalized spacial score (nSPS) is 14.5. The van der Waals surface area contributed by atoms with Gasteiger partial charge in [-0.1, -0.05) is 18.2 Å². The third-order valence-corrected chi connectivity index (χ3v) is 4.95. The van der Waals surface area contributed by atoms with Crippen molar-refractivity contribution in [2.75, 3.05) is 46.0 Å². The van der Waals surface area contributed by atoms with Crippen LogP contribution in [-0.4, -0.2) is 56.9 Å². The van der Waals surface area contributed by atoms with Crippen molar-refractivity contribution in [3.8, 4) is 5.75 Å². The first-order valence-corrected chi connectivity index (χ1v) is 10.6. The van der Waals surface area contributed by atoms with Gasteiger partial charge in [-0.15, -0.1) is 24.0 Å². The molecule has 0 unspecified atom stereocenters. The van der Waals surface area contributed by atoms with Crippen molar-refractivity contribution in [2.45, 2.75) is 20.0 Å². The monoisotopic (exact) mass is 560 g/mol. The van der Waals surface area contributed by atoms with Crippen molar-refractivity contribution in [3.05, 3.63) is 65.2 Å². The lowest BCUT2D eigenvalue weighted by Gasteiger charge is -2.26. The summed E-state index contributed by atoms with van der Waals surface area (Å²) in [5, 5.41) is 6.36. The van der Waals surface area contributed by atoms with Gasteiger partial charge in [-0.3, -0.25) is 4.90 Å². The Morgan fingerprint density at radius 3 is 2.66 bits per heavy atom. The number of nitrogens with zero attached hydrogens (tertiary/aromatic N) is 2. The lowest BCUT2D eigenvalue weighted by molar-refractivity contribution is 0.0322. The maximum Gasteiger partial charge on any atom is 0.191 e. The SMILES string of the molecule is CCNC(=NCc1cc(F)ccc1F)NCc1ccccc1OCCN1CCOCC1.I. The highest BCUT2D eigenvalue weighted by molar-refractivity contribution is 14.0. The standard InChI is InChI=1S/C23H30F2N4O2.HI/c1-2-26-23(28-17-19-15-20(24)7-8-21(19)25)27-16-18-5-3-4-6-22(18)31-14-11-29-9-12-30-13-10-29;/h3-8,15H,2,9-14,16-17H2,1H3,(H2,26,27,28);1H. The summed E-state index contributed by atoms with van der Waals surface area (Å²) in [6, 6.07) is 11.2. The third kappa shape index (κ3) is 8.51. The molecule has 0 spiro atoms. The van der Waals surface area contributed by atoms with Crippen LogP contribution in [0.2, 0.25) is 0 Å². The Kier molecular flexibility index (Phi) is 11.7. The van der Waals surface area contributed by atoms with Crippen LogP contribution in [0, 0.1) is 11.6 Å². The van der Waals surface area contributed by atoms with Gasteiger partial charge in [0, 0.05) is 43.9 Å². The van der Waals surface area contributed by atoms with E-state index in [0.29, 0.717) is 25.7 Å². The van der Waals surface area contributed by atoms with Gasteiger partial charge in [0.2, 0.25) is 0 Å². The fourth-order valence-corrected chi connectivity index (χ4v) is 3.25. The highest BCUT2D eigenvalue weighted by Gasteiger charge is 2.11. The molecule has 6 nitrogen and oxygen atoms in total. The van der Waals surface area contributed by atoms with Gasteiger partial charge < -0.3 is 20.1 Å². The van der Waals surface area contributed by atoms with E-state index in [1.807, 2.05) is 31.2 Å². The van der Waals surface area contributed by atoms with E-state index in [1.54, 1.807) is 0 Å². The van der Waals surface area contributed by atoms with Gasteiger partial charge in [0.1, 0.15) is 24.0 Å². The highest BCUT2D eigenvalue weighted by Crippen LogP contribution is 2.18. The Balaban J connectivity index is 0.00000363. The summed E-state index contributed by atoms with van der Waals surface area (Å²) in [5.74, 6) is 0.386. The molecule has 2 aromatic carbocycles. The van der Waals surface area contributed by atoms with E-state index >= 15 is 0 Å². The largest absolute Gasteiger partial charge is 0.492 e. The first kappa shape index (κ1) is 26.3. The predicted octanol–water partition coefficient (Wildman–Crippen LogP) is 3.55. The topological polar surface area (TPSA) is 58.1 Å². The minimum atomic E-state index is -0.479. The van der Waals surface area contributed by atoms with Crippen LogP contribution in [0.5, 0.6) is 5.75 Å². The molecule has 1 aliphatic heterocycles. The fraction of sp³-hybridized carbons (Fsp3) is 0.435. The summed E-state index contributed by atoms with van der Waals surface area (Å²) in [7, 11) is 0. The lowest BCUT2D eigenvalue weighted by Crippen LogP contribution is -2.38. The average Bonchev–Trinajstić information content (AvgIpc) is 2.79. The number of halogens is 3. The van der Waals surface area contributed by atoms with Crippen LogP contribution in [0.1, 0.15) is 18.1 Å². The van der Waals surface area contributed by atoms with E-state index in [9.17, 15) is 8.78 Å². The molecule has 0 aliphatic carbocycles. The van der Waals surface area contributed by atoms with Crippen molar-refractivity contribution >= 4 is 29.9 Å². The van der Waals surface area contributed by atoms with Crippen molar-refractivity contribution < 1.29 is 18.3 Å². The van der Waals surface area contributed by atoms with Crippen molar-refractivity contribution in [3.63, 3.8) is 0 Å². The van der Waals surface area contributed by atoms with E-state index in [0.717, 1.165) is 56.3 Å². The second-order valence-electron chi connectivity index (χ2n) is 7.19. The minimum Gasteiger partial charge on any atom is -0.492 e. The summed E-state index contributed by atoms with van der Waals surface area (Å²) in [6.07, 6.45) is 0. The Labute approximate surface area is 205 Å². The molecule has 0 saturated carbocycles. The predicted molar refractivity (Wildman–Crippen MR) is 133 cm³/mol. The third-order valence-electron chi connectivity index (χ3n) is 4.95. The number of morpholine rings is 1. The minimum absolute atomic E-state index is 0. The number of benzene rings is 2. The van der Waals surface area contributed by atoms with Gasteiger partial charge in [0.05, 0.1) is 19.8 Å². The Hall–Kier alpha value is -1.98. The van der Waals surface area contributed by atoms with E-state index in [4.69, 9.17) is 9.47 Å². The summed E-state index contributed by atoms with van der Waals surface area (Å²) in [6.45, 7) is 7.99. The van der Waals surface area contributed by atoms with E-state index in [1.165, 1.54) is 6.07 Å². The summed E-state index contributed by atoms with van der Waals surface area (Å²) >= 11 is 0. The molecule has 0 atom stereocenters. The molecule has 1 heterocycles. The summed E-state index contributed by atoms with van der Waals surface area (Å²) in [4.78, 5) is 6.71. The number of hydrogen-bond donors (Lipinski definition) is 2. The van der Waals surface area contributed by atoms with E-state index < -0.39 is 11.6 Å². The van der Waals surface area contributed by atoms with Gasteiger partial charge in [-0.25, -0.2) is 13.8 Å². The number of aliphatic imine (C=N–C) groups is 1. The second kappa shape index (κ2) is 14.2. The van der Waals surface area contributed by atoms with E-state index in [2.05, 4.69) is 20.5 Å². The number of rotatable bonds is 9. The summed E-state index contributed by atoms with van der Waals surface area (Å²) < 4.78 is 38.6. The van der Waals surface area contributed by atoms with Gasteiger partial charge in [-0.2, -0.15) is 0 Å². The number of guanidine groups is 1. The molecule has 1 aliphatic rings. The van der Waals surface area contributed by atoms with Gasteiger partial charge >= 0.3 is 0 Å². The quantitative estimate of drug-likeness (QED) is 0.279. The zero-order valence-electron chi connectivity index (χ0n) is 18.3. The molecule has 3 rings (SSSR count). The van der Waals surface area contributed by atoms with E-state index in [-0.39, 0.29) is 36.1 Å². The van der Waals surface area contributed by atoms with Crippen molar-refractivity contribution in [1.29, 1.82) is 0 Å². The molecule has 0 bridgehead atoms. The van der Waals surface area contributed by atoms with Gasteiger partial charge in [0.25, 0.3) is 0 Å². The molecule has 0 radical (unpaired) electrons. The second-order valence-corrected chi connectivity index (χ2v) is 7.19. The molecule has 2 aromatic rings. The van der Waals surface area contributed by atoms with Crippen LogP contribution in [0.15, 0.2) is 47.5 Å². The zero-order valence-corrected chi connectivity index (χ0v) is 20.6. The molecule has 1 fully saturated rings. The molecule has 32 heavy (non-hydrogen) atoms. The van der Waals surface area contributed by atoms with Crippen LogP contribution < -0.4 is 15.4 Å². The number of para-hydroxylation sites is 1. The Morgan fingerprint density at radius 2 is 1.88 bits per heavy atom. The van der Waals surface area contributed by atoms with Crippen LogP contribution in [0.25, 0.3) is 0 Å². The summed E-state index contributed by atoms with van der Waals surface area (Å²) in [5.41, 5.74) is 1.20. The van der Waals surface area contributed by atoms with Crippen LogP contribution >= 0.6 is 24.0 Å². The number of ether oxygens (including phenoxy) is 2. The van der Waals surface area contributed by atoms with Gasteiger partial charge in [0.15, 0.2) is 5.96 Å². The molecular formula is C23H31F2IN4O2. The number of nitrogens with one attached hydrogen (secondary N) is 2. The Bertz CT molecular complexity index is 864. The molecule has 1 saturated heterocycles. The molecular weight excluding hydrogens is 529 g/mol. The maximum absolute atomic E-state index is 13.9. The molecule has 0 amide bonds. The molecule has 0 aromatic heterocycles. The van der Waals surface area contributed by atoms with Crippen molar-refractivity contribution in [2.24, 2.45) is 4.99 Å². The maximum atomic E-state index is 13.9. The first-order chi connectivity index (χ1) is 15.2. The molecule has 9 heteroatoms. The number of hydrogen-bond acceptors (Lipinski definition) is 4. The first-order valence-electron chi connectivity index (χ1n) is 10.6. The van der Waals surface area contributed by atoms with Crippen molar-refractivity contribution in [1.82, 2.24) is 15.5 Å². The Morgan fingerprint density at radius 1 is 1.09 bits per heavy atom. The highest BCUT2D eigenvalue weighted by atomic mass is 127. The lowest BCUT2D eigenvalue weighted by atomic mass is 10.2. The molecule has 2 N–H and O–H groups in total. The van der Waals surface area contributed by atoms with Crippen LogP contribution in [0.4, 0.5) is 8.78 Å². The fourth-order valence-electron chi connectivity index (χ4n) is 3.25.